The summed E-state index contributed by atoms with van der Waals surface area (Å²) in [6.07, 6.45) is 0.164. The molecule has 0 radical (unpaired) electrons. The van der Waals surface area contributed by atoms with Gasteiger partial charge in [0, 0.05) is 18.7 Å². The molecule has 1 aromatic carbocycles. The summed E-state index contributed by atoms with van der Waals surface area (Å²) in [6, 6.07) is 8.59. The quantitative estimate of drug-likeness (QED) is 0.749. The van der Waals surface area contributed by atoms with E-state index in [1.165, 1.54) is 0 Å². The Balaban J connectivity index is 1.83. The summed E-state index contributed by atoms with van der Waals surface area (Å²) in [4.78, 5) is 35.8. The van der Waals surface area contributed by atoms with Gasteiger partial charge in [0.25, 0.3) is 0 Å². The number of rotatable bonds is 4. The molecule has 0 aliphatic carbocycles. The monoisotopic (exact) mass is 286 g/mol. The molecule has 1 aliphatic rings. The molecule has 2 rings (SSSR count). The number of amides is 3. The minimum absolute atomic E-state index is 0.114. The molecule has 1 saturated heterocycles. The second-order valence-corrected chi connectivity index (χ2v) is 4.67. The normalized spacial score (nSPS) is 15.2. The van der Waals surface area contributed by atoms with E-state index in [4.69, 9.17) is 5.26 Å². The van der Waals surface area contributed by atoms with E-state index in [1.807, 2.05) is 6.07 Å². The van der Waals surface area contributed by atoms with Gasteiger partial charge in [0.1, 0.15) is 0 Å². The molecule has 0 atom stereocenters. The molecule has 1 aromatic rings. The Morgan fingerprint density at radius 3 is 2.71 bits per heavy atom. The maximum atomic E-state index is 11.8. The first-order valence-electron chi connectivity index (χ1n) is 6.42. The zero-order chi connectivity index (χ0) is 15.2. The number of nitrogens with one attached hydrogen (secondary N) is 2. The molecule has 0 saturated carbocycles. The number of hydrogen-bond acceptors (Lipinski definition) is 5. The molecule has 0 unspecified atom stereocenters. The van der Waals surface area contributed by atoms with Gasteiger partial charge >= 0.3 is 0 Å². The Kier molecular flexibility index (Phi) is 4.64. The van der Waals surface area contributed by atoms with Crippen LogP contribution in [0, 0.1) is 11.3 Å². The Morgan fingerprint density at radius 2 is 2.05 bits per heavy atom. The molecule has 7 nitrogen and oxygen atoms in total. The molecule has 0 spiro atoms. The molecule has 21 heavy (non-hydrogen) atoms. The predicted octanol–water partition coefficient (Wildman–Crippen LogP) is -0.155. The van der Waals surface area contributed by atoms with E-state index in [2.05, 4.69) is 10.6 Å². The highest BCUT2D eigenvalue weighted by atomic mass is 16.2. The predicted molar refractivity (Wildman–Crippen MR) is 74.0 cm³/mol. The number of piperazine rings is 1. The summed E-state index contributed by atoms with van der Waals surface area (Å²) in [6.45, 7) is 0.550. The minimum atomic E-state index is -0.353. The highest BCUT2D eigenvalue weighted by molar-refractivity contribution is 5.99. The van der Waals surface area contributed by atoms with Crippen LogP contribution in [0.5, 0.6) is 0 Å². The van der Waals surface area contributed by atoms with Crippen molar-refractivity contribution in [3.05, 3.63) is 29.8 Å². The first kappa shape index (κ1) is 14.7. The van der Waals surface area contributed by atoms with Crippen LogP contribution < -0.4 is 10.6 Å². The highest BCUT2D eigenvalue weighted by Crippen LogP contribution is 2.10. The van der Waals surface area contributed by atoms with E-state index in [0.29, 0.717) is 17.8 Å². The fourth-order valence-electron chi connectivity index (χ4n) is 2.00. The van der Waals surface area contributed by atoms with Gasteiger partial charge in [0.15, 0.2) is 0 Å². The topological polar surface area (TPSA) is 102 Å². The van der Waals surface area contributed by atoms with Crippen molar-refractivity contribution in [3.63, 3.8) is 0 Å². The lowest BCUT2D eigenvalue weighted by Crippen LogP contribution is -2.51. The highest BCUT2D eigenvalue weighted by Gasteiger charge is 2.22. The van der Waals surface area contributed by atoms with Crippen LogP contribution in [0.15, 0.2) is 24.3 Å². The zero-order valence-electron chi connectivity index (χ0n) is 11.3. The van der Waals surface area contributed by atoms with Gasteiger partial charge in [0.05, 0.1) is 24.7 Å². The number of carbonyl (C=O) groups excluding carboxylic acids is 3. The van der Waals surface area contributed by atoms with Crippen molar-refractivity contribution in [1.82, 2.24) is 10.2 Å². The van der Waals surface area contributed by atoms with Gasteiger partial charge in [-0.15, -0.1) is 0 Å². The molecule has 108 valence electrons. The fourth-order valence-corrected chi connectivity index (χ4v) is 2.00. The van der Waals surface area contributed by atoms with Crippen molar-refractivity contribution in [1.29, 1.82) is 5.26 Å². The van der Waals surface area contributed by atoms with Crippen LogP contribution in [0.3, 0.4) is 0 Å². The average molecular weight is 286 g/mol. The summed E-state index contributed by atoms with van der Waals surface area (Å²) in [7, 11) is 0. The fraction of sp³-hybridized carbons (Fsp3) is 0.286. The van der Waals surface area contributed by atoms with Crippen molar-refractivity contribution >= 4 is 23.4 Å². The molecule has 0 aromatic heterocycles. The molecule has 1 heterocycles. The van der Waals surface area contributed by atoms with E-state index in [9.17, 15) is 14.4 Å². The van der Waals surface area contributed by atoms with Gasteiger partial charge in [0.2, 0.25) is 17.7 Å². The Labute approximate surface area is 121 Å². The molecule has 2 N–H and O–H groups in total. The van der Waals surface area contributed by atoms with Crippen molar-refractivity contribution < 1.29 is 14.4 Å². The summed E-state index contributed by atoms with van der Waals surface area (Å²) in [5.74, 6) is -0.940. The standard InChI is InChI=1S/C14H14N4O3/c15-7-10-2-1-3-11(6-10)16-12(19)4-5-18-8-13(20)17-14(21)9-18/h1-3,6H,4-5,8-9H2,(H,16,19)(H,17,20,21). The first-order chi connectivity index (χ1) is 10.1. The van der Waals surface area contributed by atoms with Crippen LogP contribution >= 0.6 is 0 Å². The number of anilines is 1. The van der Waals surface area contributed by atoms with E-state index >= 15 is 0 Å². The second-order valence-electron chi connectivity index (χ2n) is 4.67. The molecular formula is C14H14N4O3. The van der Waals surface area contributed by atoms with E-state index in [-0.39, 0.29) is 37.2 Å². The van der Waals surface area contributed by atoms with Gasteiger partial charge in [-0.1, -0.05) is 6.07 Å². The van der Waals surface area contributed by atoms with Crippen LogP contribution in [0.1, 0.15) is 12.0 Å². The third-order valence-corrected chi connectivity index (χ3v) is 2.94. The van der Waals surface area contributed by atoms with Gasteiger partial charge in [-0.25, -0.2) is 0 Å². The summed E-state index contributed by atoms with van der Waals surface area (Å²) in [5.41, 5.74) is 1.01. The molecular weight excluding hydrogens is 272 g/mol. The molecule has 1 aliphatic heterocycles. The third-order valence-electron chi connectivity index (χ3n) is 2.94. The maximum Gasteiger partial charge on any atom is 0.240 e. The summed E-state index contributed by atoms with van der Waals surface area (Å²) >= 11 is 0. The minimum Gasteiger partial charge on any atom is -0.326 e. The summed E-state index contributed by atoms with van der Waals surface area (Å²) in [5, 5.41) is 13.7. The lowest BCUT2D eigenvalue weighted by Gasteiger charge is -2.24. The number of carbonyl (C=O) groups is 3. The van der Waals surface area contributed by atoms with Crippen LogP contribution in [0.2, 0.25) is 0 Å². The number of nitrogens with zero attached hydrogens (tertiary/aromatic N) is 2. The summed E-state index contributed by atoms with van der Waals surface area (Å²) < 4.78 is 0. The third kappa shape index (κ3) is 4.40. The molecule has 7 heteroatoms. The zero-order valence-corrected chi connectivity index (χ0v) is 11.3. The van der Waals surface area contributed by atoms with Crippen LogP contribution in [0.4, 0.5) is 5.69 Å². The number of benzene rings is 1. The van der Waals surface area contributed by atoms with Gasteiger partial charge in [-0.05, 0) is 18.2 Å². The number of imide groups is 1. The lowest BCUT2D eigenvalue weighted by atomic mass is 10.2. The van der Waals surface area contributed by atoms with Crippen LogP contribution in [0.25, 0.3) is 0 Å². The number of hydrogen-bond donors (Lipinski definition) is 2. The molecule has 0 bridgehead atoms. The smallest absolute Gasteiger partial charge is 0.240 e. The average Bonchev–Trinajstić information content (AvgIpc) is 2.44. The van der Waals surface area contributed by atoms with Gasteiger partial charge < -0.3 is 5.32 Å². The van der Waals surface area contributed by atoms with Crippen molar-refractivity contribution in [2.24, 2.45) is 0 Å². The maximum absolute atomic E-state index is 11.8. The number of nitriles is 1. The van der Waals surface area contributed by atoms with E-state index in [1.54, 1.807) is 29.2 Å². The van der Waals surface area contributed by atoms with Crippen molar-refractivity contribution in [2.75, 3.05) is 25.0 Å². The lowest BCUT2D eigenvalue weighted by molar-refractivity contribution is -0.136. The largest absolute Gasteiger partial charge is 0.326 e. The Bertz CT molecular complexity index is 605. The van der Waals surface area contributed by atoms with E-state index < -0.39 is 0 Å². The Hall–Kier alpha value is -2.72. The van der Waals surface area contributed by atoms with Crippen molar-refractivity contribution in [3.8, 4) is 6.07 Å². The SMILES string of the molecule is N#Cc1cccc(NC(=O)CCN2CC(=O)NC(=O)C2)c1. The second kappa shape index (κ2) is 6.63. The van der Waals surface area contributed by atoms with Gasteiger partial charge in [-0.3, -0.25) is 24.6 Å². The first-order valence-corrected chi connectivity index (χ1v) is 6.42. The van der Waals surface area contributed by atoms with Crippen LogP contribution in [-0.4, -0.2) is 42.3 Å². The Morgan fingerprint density at radius 1 is 1.33 bits per heavy atom. The van der Waals surface area contributed by atoms with Crippen molar-refractivity contribution in [2.45, 2.75) is 6.42 Å². The van der Waals surface area contributed by atoms with E-state index in [0.717, 1.165) is 0 Å². The van der Waals surface area contributed by atoms with Gasteiger partial charge in [-0.2, -0.15) is 5.26 Å². The van der Waals surface area contributed by atoms with Crippen LogP contribution in [-0.2, 0) is 14.4 Å². The molecule has 3 amide bonds. The molecule has 1 fully saturated rings.